The zero-order chi connectivity index (χ0) is 20.6. The minimum absolute atomic E-state index is 0.00573. The summed E-state index contributed by atoms with van der Waals surface area (Å²) < 4.78 is 14.5. The van der Waals surface area contributed by atoms with Gasteiger partial charge in [0.05, 0.1) is 4.91 Å². The fourth-order valence-electron chi connectivity index (χ4n) is 6.63. The molecule has 7 atom stereocenters. The molecule has 0 aromatic carbocycles. The summed E-state index contributed by atoms with van der Waals surface area (Å²) in [5.74, 6) is 0.00566. The molecule has 5 heteroatoms. The largest absolute Gasteiger partial charge is 0.296 e. The average Bonchev–Trinajstić information content (AvgIpc) is 2.85. The standard InChI is InChI=1S/C23H27FO3S/c1-11-12(2)19-20(28-13(3)25)17(26)7-9-22(19,4)14-6-8-23(5)15(18(11)14)10-16(24)21(23)27/h7,9,11,14-16,18H,2,6,8,10H2,1,3-5H3/t11-,14+,15+,16+,18-,22-,23+/m1/s1. The lowest BCUT2D eigenvalue weighted by Gasteiger charge is -2.58. The van der Waals surface area contributed by atoms with Crippen LogP contribution in [0.3, 0.4) is 0 Å². The molecule has 0 aliphatic heterocycles. The number of carbonyl (C=O) groups is 3. The molecule has 0 saturated heterocycles. The van der Waals surface area contributed by atoms with E-state index in [-0.39, 0.29) is 40.4 Å². The van der Waals surface area contributed by atoms with Crippen molar-refractivity contribution in [2.75, 3.05) is 0 Å². The van der Waals surface area contributed by atoms with Crippen molar-refractivity contribution in [1.82, 2.24) is 0 Å². The summed E-state index contributed by atoms with van der Waals surface area (Å²) in [7, 11) is 0. The van der Waals surface area contributed by atoms with E-state index in [0.29, 0.717) is 17.7 Å². The molecule has 0 heterocycles. The SMILES string of the molecule is C=C1C2=C(SC(C)=O)C(=O)C=C[C@]2(C)[C@H]2CC[C@]3(C)C(=O)[C@@H](F)C[C@H]3[C@@H]2[C@@H]1C. The second-order valence-electron chi connectivity index (χ2n) is 9.41. The quantitative estimate of drug-likeness (QED) is 0.630. The van der Waals surface area contributed by atoms with Crippen LogP contribution in [0.15, 0.2) is 34.8 Å². The fourth-order valence-corrected chi connectivity index (χ4v) is 7.54. The van der Waals surface area contributed by atoms with E-state index < -0.39 is 17.0 Å². The lowest BCUT2D eigenvalue weighted by atomic mass is 9.45. The Balaban J connectivity index is 1.85. The van der Waals surface area contributed by atoms with Gasteiger partial charge in [-0.2, -0.15) is 0 Å². The van der Waals surface area contributed by atoms with Gasteiger partial charge in [-0.25, -0.2) is 4.39 Å². The lowest BCUT2D eigenvalue weighted by molar-refractivity contribution is -0.135. The molecule has 0 radical (unpaired) electrons. The van der Waals surface area contributed by atoms with Crippen LogP contribution in [0.25, 0.3) is 0 Å². The molecule has 0 N–H and O–H groups in total. The molecule has 3 fully saturated rings. The van der Waals surface area contributed by atoms with E-state index in [4.69, 9.17) is 0 Å². The summed E-state index contributed by atoms with van der Waals surface area (Å²) in [6.07, 6.45) is 3.96. The molecule has 4 aliphatic rings. The van der Waals surface area contributed by atoms with Gasteiger partial charge in [-0.15, -0.1) is 0 Å². The Morgan fingerprint density at radius 1 is 1.29 bits per heavy atom. The number of rotatable bonds is 1. The van der Waals surface area contributed by atoms with E-state index in [1.54, 1.807) is 6.08 Å². The number of hydrogen-bond acceptors (Lipinski definition) is 4. The van der Waals surface area contributed by atoms with Crippen LogP contribution in [0.4, 0.5) is 4.39 Å². The highest BCUT2D eigenvalue weighted by atomic mass is 32.2. The van der Waals surface area contributed by atoms with Gasteiger partial charge >= 0.3 is 0 Å². The van der Waals surface area contributed by atoms with Crippen molar-refractivity contribution in [2.24, 2.45) is 34.5 Å². The molecule has 28 heavy (non-hydrogen) atoms. The van der Waals surface area contributed by atoms with Crippen LogP contribution in [0.2, 0.25) is 0 Å². The molecular formula is C23H27FO3S. The highest BCUT2D eigenvalue weighted by molar-refractivity contribution is 8.17. The second kappa shape index (κ2) is 6.25. The third-order valence-electron chi connectivity index (χ3n) is 8.07. The molecule has 0 amide bonds. The van der Waals surface area contributed by atoms with Crippen LogP contribution in [0.5, 0.6) is 0 Å². The highest BCUT2D eigenvalue weighted by Gasteiger charge is 2.63. The number of allylic oxidation sites excluding steroid dienone is 5. The molecule has 3 nitrogen and oxygen atoms in total. The minimum Gasteiger partial charge on any atom is -0.296 e. The Morgan fingerprint density at radius 2 is 1.96 bits per heavy atom. The van der Waals surface area contributed by atoms with Gasteiger partial charge in [0.15, 0.2) is 22.9 Å². The molecule has 0 spiro atoms. The van der Waals surface area contributed by atoms with Crippen LogP contribution < -0.4 is 0 Å². The van der Waals surface area contributed by atoms with Crippen molar-refractivity contribution in [3.63, 3.8) is 0 Å². The summed E-state index contributed by atoms with van der Waals surface area (Å²) >= 11 is 0.997. The van der Waals surface area contributed by atoms with Crippen LogP contribution >= 0.6 is 11.8 Å². The molecule has 4 aliphatic carbocycles. The first-order valence-electron chi connectivity index (χ1n) is 10.1. The van der Waals surface area contributed by atoms with Crippen molar-refractivity contribution in [1.29, 1.82) is 0 Å². The Hall–Kier alpha value is -1.49. The van der Waals surface area contributed by atoms with Crippen molar-refractivity contribution >= 4 is 28.4 Å². The first-order chi connectivity index (χ1) is 13.0. The Morgan fingerprint density at radius 3 is 2.61 bits per heavy atom. The lowest BCUT2D eigenvalue weighted by Crippen LogP contribution is -2.53. The Bertz CT molecular complexity index is 871. The average molecular weight is 403 g/mol. The van der Waals surface area contributed by atoms with E-state index in [1.807, 2.05) is 13.0 Å². The van der Waals surface area contributed by atoms with Crippen LogP contribution in [-0.4, -0.2) is 22.9 Å². The number of thioether (sulfide) groups is 1. The number of fused-ring (bicyclic) bond motifs is 5. The summed E-state index contributed by atoms with van der Waals surface area (Å²) in [4.78, 5) is 37.5. The zero-order valence-corrected chi connectivity index (χ0v) is 17.7. The highest BCUT2D eigenvalue weighted by Crippen LogP contribution is 2.67. The van der Waals surface area contributed by atoms with E-state index in [1.165, 1.54) is 6.92 Å². The fraction of sp³-hybridized carbons (Fsp3) is 0.609. The molecule has 0 unspecified atom stereocenters. The van der Waals surface area contributed by atoms with Gasteiger partial charge in [0.25, 0.3) is 0 Å². The second-order valence-corrected chi connectivity index (χ2v) is 10.6. The van der Waals surface area contributed by atoms with E-state index in [2.05, 4.69) is 20.4 Å². The van der Waals surface area contributed by atoms with Crippen molar-refractivity contribution < 1.29 is 18.8 Å². The molecular weight excluding hydrogens is 375 g/mol. The van der Waals surface area contributed by atoms with Gasteiger partial charge < -0.3 is 0 Å². The van der Waals surface area contributed by atoms with Crippen molar-refractivity contribution in [3.8, 4) is 0 Å². The monoisotopic (exact) mass is 402 g/mol. The van der Waals surface area contributed by atoms with Crippen LogP contribution in [0, 0.1) is 34.5 Å². The van der Waals surface area contributed by atoms with Gasteiger partial charge in [0.2, 0.25) is 0 Å². The first kappa shape index (κ1) is 19.8. The van der Waals surface area contributed by atoms with E-state index in [9.17, 15) is 18.8 Å². The number of Topliss-reactive ketones (excluding diaryl/α,β-unsaturated/α-hetero) is 1. The minimum atomic E-state index is -1.37. The van der Waals surface area contributed by atoms with Gasteiger partial charge in [-0.05, 0) is 71.9 Å². The Kier molecular flexibility index (Phi) is 4.42. The maximum atomic E-state index is 14.5. The number of ketones is 2. The van der Waals surface area contributed by atoms with Crippen LogP contribution in [0.1, 0.15) is 47.0 Å². The van der Waals surface area contributed by atoms with Crippen molar-refractivity contribution in [2.45, 2.75) is 53.1 Å². The number of hydrogen-bond donors (Lipinski definition) is 0. The molecule has 150 valence electrons. The third-order valence-corrected chi connectivity index (χ3v) is 8.96. The van der Waals surface area contributed by atoms with Gasteiger partial charge in [0.1, 0.15) is 0 Å². The third kappa shape index (κ3) is 2.44. The molecule has 0 aromatic heterocycles. The maximum Gasteiger partial charge on any atom is 0.192 e. The molecule has 0 bridgehead atoms. The topological polar surface area (TPSA) is 51.2 Å². The number of alkyl halides is 1. The van der Waals surface area contributed by atoms with E-state index >= 15 is 0 Å². The van der Waals surface area contributed by atoms with Gasteiger partial charge in [0, 0.05) is 17.8 Å². The summed E-state index contributed by atoms with van der Waals surface area (Å²) in [6, 6.07) is 0. The summed E-state index contributed by atoms with van der Waals surface area (Å²) in [5.41, 5.74) is 0.735. The smallest absolute Gasteiger partial charge is 0.192 e. The molecule has 3 saturated carbocycles. The molecule has 0 aromatic rings. The summed E-state index contributed by atoms with van der Waals surface area (Å²) in [5, 5.41) is -0.117. The molecule has 4 rings (SSSR count). The predicted octanol–water partition coefficient (Wildman–Crippen LogP) is 4.83. The predicted molar refractivity (Wildman–Crippen MR) is 108 cm³/mol. The normalized spacial score (nSPS) is 45.0. The van der Waals surface area contributed by atoms with Crippen molar-refractivity contribution in [3.05, 3.63) is 34.8 Å². The van der Waals surface area contributed by atoms with Gasteiger partial charge in [-0.3, -0.25) is 14.4 Å². The summed E-state index contributed by atoms with van der Waals surface area (Å²) in [6.45, 7) is 12.0. The van der Waals surface area contributed by atoms with E-state index in [0.717, 1.165) is 29.3 Å². The van der Waals surface area contributed by atoms with Crippen LogP contribution in [-0.2, 0) is 14.4 Å². The Labute approximate surface area is 169 Å². The zero-order valence-electron chi connectivity index (χ0n) is 16.9. The van der Waals surface area contributed by atoms with Gasteiger partial charge in [-0.1, -0.05) is 33.4 Å². The number of carbonyl (C=O) groups excluding carboxylic acids is 3. The first-order valence-corrected chi connectivity index (χ1v) is 10.9. The number of halogens is 1. The maximum absolute atomic E-state index is 14.5.